The van der Waals surface area contributed by atoms with Crippen molar-refractivity contribution in [2.24, 2.45) is 0 Å². The molecule has 0 aliphatic carbocycles. The van der Waals surface area contributed by atoms with Crippen molar-refractivity contribution in [3.63, 3.8) is 0 Å². The van der Waals surface area contributed by atoms with Gasteiger partial charge in [0.2, 0.25) is 0 Å². The van der Waals surface area contributed by atoms with Gasteiger partial charge in [0.25, 0.3) is 0 Å². The third-order valence-corrected chi connectivity index (χ3v) is 14.9. The molecule has 0 aromatic carbocycles. The first-order valence-corrected chi connectivity index (χ1v) is 33.9. The molecule has 0 bridgehead atoms. The van der Waals surface area contributed by atoms with Crippen molar-refractivity contribution in [3.8, 4) is 0 Å². The van der Waals surface area contributed by atoms with Crippen LogP contribution >= 0.6 is 0 Å². The summed E-state index contributed by atoms with van der Waals surface area (Å²) in [5.74, 6) is -0.861. The molecule has 1 atom stereocenters. The van der Waals surface area contributed by atoms with E-state index in [-0.39, 0.29) is 31.1 Å². The molecule has 452 valence electrons. The predicted octanol–water partition coefficient (Wildman–Crippen LogP) is 23.3. The zero-order valence-corrected chi connectivity index (χ0v) is 51.9. The van der Waals surface area contributed by atoms with Gasteiger partial charge in [0, 0.05) is 19.3 Å². The summed E-state index contributed by atoms with van der Waals surface area (Å²) in [7, 11) is 0. The second-order valence-electron chi connectivity index (χ2n) is 22.7. The van der Waals surface area contributed by atoms with Crippen LogP contribution in [0.15, 0.2) is 72.9 Å². The van der Waals surface area contributed by atoms with Gasteiger partial charge in [-0.15, -0.1) is 0 Å². The lowest BCUT2D eigenvalue weighted by atomic mass is 10.0. The van der Waals surface area contributed by atoms with E-state index >= 15 is 0 Å². The number of hydrogen-bond donors (Lipinski definition) is 0. The Morgan fingerprint density at radius 3 is 0.808 bits per heavy atom. The largest absolute Gasteiger partial charge is 0.462 e. The first-order valence-electron chi connectivity index (χ1n) is 33.9. The highest BCUT2D eigenvalue weighted by Gasteiger charge is 2.19. The molecule has 0 spiro atoms. The maximum Gasteiger partial charge on any atom is 0.306 e. The third-order valence-electron chi connectivity index (χ3n) is 14.9. The summed E-state index contributed by atoms with van der Waals surface area (Å²) in [6.07, 6.45) is 86.4. The van der Waals surface area contributed by atoms with Gasteiger partial charge in [0.15, 0.2) is 6.10 Å². The third kappa shape index (κ3) is 63.7. The van der Waals surface area contributed by atoms with Crippen LogP contribution in [0.25, 0.3) is 0 Å². The minimum Gasteiger partial charge on any atom is -0.462 e. The molecule has 0 aromatic heterocycles. The summed E-state index contributed by atoms with van der Waals surface area (Å²) in [5.41, 5.74) is 0. The smallest absolute Gasteiger partial charge is 0.306 e. The van der Waals surface area contributed by atoms with Crippen LogP contribution in [0.3, 0.4) is 0 Å². The van der Waals surface area contributed by atoms with Gasteiger partial charge in [-0.2, -0.15) is 0 Å². The minimum atomic E-state index is -0.776. The summed E-state index contributed by atoms with van der Waals surface area (Å²) in [6.45, 7) is 6.54. The molecule has 1 unspecified atom stereocenters. The Balaban J connectivity index is 4.16. The Kier molecular flexibility index (Phi) is 63.7. The summed E-state index contributed by atoms with van der Waals surface area (Å²) in [4.78, 5) is 38.3. The van der Waals surface area contributed by atoms with E-state index in [4.69, 9.17) is 14.2 Å². The lowest BCUT2D eigenvalue weighted by Gasteiger charge is -2.18. The van der Waals surface area contributed by atoms with Crippen LogP contribution in [0.4, 0.5) is 0 Å². The molecule has 0 aliphatic heterocycles. The number of unbranched alkanes of at least 4 members (excludes halogenated alkanes) is 39. The molecule has 0 saturated carbocycles. The van der Waals surface area contributed by atoms with Crippen molar-refractivity contribution in [2.75, 3.05) is 13.2 Å². The van der Waals surface area contributed by atoms with E-state index < -0.39 is 6.10 Å². The first kappa shape index (κ1) is 74.8. The van der Waals surface area contributed by atoms with Gasteiger partial charge in [0.05, 0.1) is 0 Å². The zero-order valence-electron chi connectivity index (χ0n) is 51.9. The maximum atomic E-state index is 12.9. The molecule has 0 aliphatic rings. The molecule has 78 heavy (non-hydrogen) atoms. The van der Waals surface area contributed by atoms with E-state index in [1.807, 2.05) is 0 Å². The number of allylic oxidation sites excluding steroid dienone is 12. The Hall–Kier alpha value is -3.15. The van der Waals surface area contributed by atoms with Crippen LogP contribution in [-0.2, 0) is 28.6 Å². The summed E-state index contributed by atoms with van der Waals surface area (Å²) >= 11 is 0. The van der Waals surface area contributed by atoms with E-state index in [2.05, 4.69) is 93.7 Å². The molecule has 6 heteroatoms. The predicted molar refractivity (Wildman–Crippen MR) is 339 cm³/mol. The lowest BCUT2D eigenvalue weighted by Crippen LogP contribution is -2.30. The fourth-order valence-corrected chi connectivity index (χ4v) is 9.88. The van der Waals surface area contributed by atoms with Crippen LogP contribution in [0.5, 0.6) is 0 Å². The first-order chi connectivity index (χ1) is 38.5. The number of rotatable bonds is 62. The van der Waals surface area contributed by atoms with E-state index in [1.54, 1.807) is 0 Å². The molecule has 0 amide bonds. The van der Waals surface area contributed by atoms with Gasteiger partial charge in [-0.05, 0) is 89.9 Å². The van der Waals surface area contributed by atoms with E-state index in [0.29, 0.717) is 19.3 Å². The van der Waals surface area contributed by atoms with E-state index in [9.17, 15) is 14.4 Å². The molecule has 0 heterocycles. The van der Waals surface area contributed by atoms with Gasteiger partial charge < -0.3 is 14.2 Å². The Morgan fingerprint density at radius 1 is 0.269 bits per heavy atom. The van der Waals surface area contributed by atoms with Crippen LogP contribution < -0.4 is 0 Å². The Morgan fingerprint density at radius 2 is 0.500 bits per heavy atom. The van der Waals surface area contributed by atoms with Crippen molar-refractivity contribution < 1.29 is 28.6 Å². The molecule has 0 fully saturated rings. The SMILES string of the molecule is CC/C=C\C/C=C\C/C=C\C/C=C\CCCCCCCCCCCCCCCCCCCCC(=O)OCC(COC(=O)CCCCCCCCCCCCCC)OC(=O)CCCCCCCCC/C=C\C/C=C\CCCCC. The van der Waals surface area contributed by atoms with Gasteiger partial charge in [-0.25, -0.2) is 0 Å². The molecule has 0 saturated heterocycles. The zero-order chi connectivity index (χ0) is 56.4. The average molecular weight is 1090 g/mol. The number of carbonyl (C=O) groups excluding carboxylic acids is 3. The maximum absolute atomic E-state index is 12.9. The van der Waals surface area contributed by atoms with E-state index in [1.165, 1.54) is 212 Å². The highest BCUT2D eigenvalue weighted by molar-refractivity contribution is 5.71. The fourth-order valence-electron chi connectivity index (χ4n) is 9.88. The van der Waals surface area contributed by atoms with Gasteiger partial charge >= 0.3 is 17.9 Å². The molecule has 0 aromatic rings. The topological polar surface area (TPSA) is 78.9 Å². The highest BCUT2D eigenvalue weighted by atomic mass is 16.6. The van der Waals surface area contributed by atoms with Gasteiger partial charge in [-0.1, -0.05) is 312 Å². The van der Waals surface area contributed by atoms with Crippen molar-refractivity contribution in [2.45, 2.75) is 354 Å². The van der Waals surface area contributed by atoms with Crippen molar-refractivity contribution in [1.29, 1.82) is 0 Å². The minimum absolute atomic E-state index is 0.0731. The molecule has 0 N–H and O–H groups in total. The quantitative estimate of drug-likeness (QED) is 0.0261. The standard InChI is InChI=1S/C72H128O6/c1-4-7-10-13-16-19-22-25-27-29-30-31-32-33-34-35-36-37-38-39-40-41-42-44-45-47-50-53-56-59-62-65-71(74)77-68-69(67-76-70(73)64-61-58-55-52-49-24-21-18-15-12-9-6-3)78-72(75)66-63-60-57-54-51-48-46-43-28-26-23-20-17-14-11-8-5-2/h7,10,16-17,19-20,25-28,30-31,69H,4-6,8-9,11-15,18,21-24,29,32-68H2,1-3H3/b10-7-,19-16-,20-17-,27-25-,28-26-,31-30-. The molecular weight excluding hydrogens is 961 g/mol. The van der Waals surface area contributed by atoms with Crippen molar-refractivity contribution >= 4 is 17.9 Å². The summed E-state index contributed by atoms with van der Waals surface area (Å²) in [5, 5.41) is 0. The average Bonchev–Trinajstić information content (AvgIpc) is 3.44. The molecule has 0 rings (SSSR count). The van der Waals surface area contributed by atoms with Crippen LogP contribution in [0.1, 0.15) is 348 Å². The normalized spacial score (nSPS) is 12.5. The number of hydrogen-bond acceptors (Lipinski definition) is 6. The van der Waals surface area contributed by atoms with Crippen LogP contribution in [0, 0.1) is 0 Å². The number of carbonyl (C=O) groups is 3. The molecular formula is C72H128O6. The summed E-state index contributed by atoms with van der Waals surface area (Å²) in [6, 6.07) is 0. The second-order valence-corrected chi connectivity index (χ2v) is 22.7. The van der Waals surface area contributed by atoms with Gasteiger partial charge in [0.1, 0.15) is 13.2 Å². The molecule has 6 nitrogen and oxygen atoms in total. The Bertz CT molecular complexity index is 1440. The van der Waals surface area contributed by atoms with Gasteiger partial charge in [-0.3, -0.25) is 14.4 Å². The van der Waals surface area contributed by atoms with Crippen LogP contribution in [-0.4, -0.2) is 37.2 Å². The monoisotopic (exact) mass is 1090 g/mol. The van der Waals surface area contributed by atoms with Crippen molar-refractivity contribution in [1.82, 2.24) is 0 Å². The number of esters is 3. The molecule has 0 radical (unpaired) electrons. The van der Waals surface area contributed by atoms with Crippen LogP contribution in [0.2, 0.25) is 0 Å². The van der Waals surface area contributed by atoms with E-state index in [0.717, 1.165) is 96.3 Å². The Labute approximate surface area is 484 Å². The summed E-state index contributed by atoms with van der Waals surface area (Å²) < 4.78 is 16.9. The van der Waals surface area contributed by atoms with Crippen molar-refractivity contribution in [3.05, 3.63) is 72.9 Å². The lowest BCUT2D eigenvalue weighted by molar-refractivity contribution is -0.167. The fraction of sp³-hybridized carbons (Fsp3) is 0.792. The highest BCUT2D eigenvalue weighted by Crippen LogP contribution is 2.18. The number of ether oxygens (including phenoxy) is 3. The second kappa shape index (κ2) is 66.4.